The van der Waals surface area contributed by atoms with Crippen molar-refractivity contribution in [3.63, 3.8) is 0 Å². The summed E-state index contributed by atoms with van der Waals surface area (Å²) in [6.07, 6.45) is 4.28. The summed E-state index contributed by atoms with van der Waals surface area (Å²) in [4.78, 5) is 49.4. The number of nitrogens with zero attached hydrogens (tertiary/aromatic N) is 3. The quantitative estimate of drug-likeness (QED) is 0.471. The minimum atomic E-state index is -0.838. The molecule has 8 heteroatoms. The van der Waals surface area contributed by atoms with Crippen molar-refractivity contribution in [2.45, 2.75) is 32.5 Å². The van der Waals surface area contributed by atoms with E-state index in [0.717, 1.165) is 32.1 Å². The molecule has 0 aliphatic carbocycles. The topological polar surface area (TPSA) is 95.1 Å². The number of aryl methyl sites for hydroxylation is 1. The van der Waals surface area contributed by atoms with Gasteiger partial charge in [0.2, 0.25) is 5.91 Å². The summed E-state index contributed by atoms with van der Waals surface area (Å²) in [5, 5.41) is 2.70. The van der Waals surface area contributed by atoms with Gasteiger partial charge in [-0.1, -0.05) is 42.5 Å². The minimum absolute atomic E-state index is 0.0617. The summed E-state index contributed by atoms with van der Waals surface area (Å²) in [5.74, 6) is -0.471. The molecule has 1 heterocycles. The highest BCUT2D eigenvalue weighted by Gasteiger charge is 2.16. The van der Waals surface area contributed by atoms with Crippen molar-refractivity contribution < 1.29 is 4.79 Å². The number of hydrogen-bond donors (Lipinski definition) is 1. The van der Waals surface area contributed by atoms with Crippen LogP contribution in [0, 0.1) is 0 Å². The van der Waals surface area contributed by atoms with Crippen LogP contribution >= 0.6 is 0 Å². The van der Waals surface area contributed by atoms with E-state index in [4.69, 9.17) is 0 Å². The lowest BCUT2D eigenvalue weighted by atomic mass is 10.1. The minimum Gasteiger partial charge on any atom is -0.355 e. The molecule has 0 aliphatic rings. The Morgan fingerprint density at radius 1 is 0.893 bits per heavy atom. The molecule has 2 rings (SSSR count). The third-order valence-electron chi connectivity index (χ3n) is 4.12. The molecular weight excluding hydrogens is 360 g/mol. The lowest BCUT2D eigenvalue weighted by Gasteiger charge is -2.12. The summed E-state index contributed by atoms with van der Waals surface area (Å²) >= 11 is 0. The van der Waals surface area contributed by atoms with Crippen LogP contribution in [0.25, 0.3) is 0 Å². The maximum Gasteiger partial charge on any atom is 0.337 e. The Labute approximate surface area is 162 Å². The highest BCUT2D eigenvalue weighted by Crippen LogP contribution is 2.01. The molecule has 0 bridgehead atoms. The molecule has 148 valence electrons. The van der Waals surface area contributed by atoms with E-state index in [1.807, 2.05) is 30.3 Å². The number of amides is 1. The molecule has 0 saturated carbocycles. The van der Waals surface area contributed by atoms with Crippen molar-refractivity contribution in [2.24, 2.45) is 0 Å². The Hall–Kier alpha value is -3.42. The Kier molecular flexibility index (Phi) is 7.50. The predicted molar refractivity (Wildman–Crippen MR) is 107 cm³/mol. The first-order chi connectivity index (χ1) is 13.5. The van der Waals surface area contributed by atoms with E-state index in [2.05, 4.69) is 18.5 Å². The van der Waals surface area contributed by atoms with E-state index in [9.17, 15) is 19.2 Å². The van der Waals surface area contributed by atoms with Gasteiger partial charge in [0, 0.05) is 6.54 Å². The van der Waals surface area contributed by atoms with Gasteiger partial charge in [-0.05, 0) is 18.4 Å². The van der Waals surface area contributed by atoms with E-state index < -0.39 is 29.5 Å². The number of hydrogen-bond acceptors (Lipinski definition) is 4. The van der Waals surface area contributed by atoms with Crippen LogP contribution in [-0.4, -0.2) is 26.2 Å². The van der Waals surface area contributed by atoms with Gasteiger partial charge in [-0.3, -0.25) is 4.79 Å². The summed E-state index contributed by atoms with van der Waals surface area (Å²) in [6.45, 7) is 6.84. The SMILES string of the molecule is C=CCn1c(=O)n(CC=C)c(=O)n(CC(=O)NCCCc2ccccc2)c1=O. The van der Waals surface area contributed by atoms with Crippen LogP contribution in [0.3, 0.4) is 0 Å². The maximum absolute atomic E-state index is 12.5. The van der Waals surface area contributed by atoms with Gasteiger partial charge in [-0.15, -0.1) is 13.2 Å². The van der Waals surface area contributed by atoms with Crippen molar-refractivity contribution in [3.8, 4) is 0 Å². The van der Waals surface area contributed by atoms with Gasteiger partial charge in [0.25, 0.3) is 0 Å². The molecule has 0 spiro atoms. The smallest absolute Gasteiger partial charge is 0.337 e. The van der Waals surface area contributed by atoms with Crippen molar-refractivity contribution in [3.05, 3.63) is 92.7 Å². The standard InChI is InChI=1S/C20H24N4O4/c1-3-13-22-18(26)23(14-4-2)20(28)24(19(22)27)15-17(25)21-12-8-11-16-9-6-5-7-10-16/h3-7,9-10H,1-2,8,11-15H2,(H,21,25). The van der Waals surface area contributed by atoms with Gasteiger partial charge in [0.1, 0.15) is 6.54 Å². The van der Waals surface area contributed by atoms with Crippen LogP contribution in [0.15, 0.2) is 70.0 Å². The first-order valence-electron chi connectivity index (χ1n) is 8.96. The molecule has 1 aromatic heterocycles. The largest absolute Gasteiger partial charge is 0.355 e. The third-order valence-corrected chi connectivity index (χ3v) is 4.12. The van der Waals surface area contributed by atoms with Crippen molar-refractivity contribution in [1.82, 2.24) is 19.0 Å². The van der Waals surface area contributed by atoms with E-state index >= 15 is 0 Å². The molecule has 0 atom stereocenters. The number of aromatic nitrogens is 3. The zero-order chi connectivity index (χ0) is 20.5. The molecule has 0 saturated heterocycles. The number of carbonyl (C=O) groups excluding carboxylic acids is 1. The molecule has 0 fully saturated rings. The zero-order valence-corrected chi connectivity index (χ0v) is 15.7. The van der Waals surface area contributed by atoms with Gasteiger partial charge in [-0.25, -0.2) is 28.1 Å². The molecule has 0 aliphatic heterocycles. The van der Waals surface area contributed by atoms with Crippen LogP contribution in [0.5, 0.6) is 0 Å². The van der Waals surface area contributed by atoms with E-state index in [-0.39, 0.29) is 13.1 Å². The lowest BCUT2D eigenvalue weighted by molar-refractivity contribution is -0.121. The second-order valence-corrected chi connectivity index (χ2v) is 6.17. The number of carbonyl (C=O) groups is 1. The first-order valence-corrected chi connectivity index (χ1v) is 8.96. The van der Waals surface area contributed by atoms with Crippen molar-refractivity contribution in [1.29, 1.82) is 0 Å². The zero-order valence-electron chi connectivity index (χ0n) is 15.7. The normalized spacial score (nSPS) is 10.4. The molecule has 0 radical (unpaired) electrons. The van der Waals surface area contributed by atoms with Gasteiger partial charge >= 0.3 is 17.1 Å². The Morgan fingerprint density at radius 2 is 1.43 bits per heavy atom. The van der Waals surface area contributed by atoms with E-state index in [1.165, 1.54) is 12.2 Å². The molecule has 2 aromatic rings. The van der Waals surface area contributed by atoms with Gasteiger partial charge in [0.15, 0.2) is 0 Å². The van der Waals surface area contributed by atoms with Gasteiger partial charge in [0.05, 0.1) is 13.1 Å². The summed E-state index contributed by atoms with van der Waals surface area (Å²) < 4.78 is 2.47. The van der Waals surface area contributed by atoms with Gasteiger partial charge in [-0.2, -0.15) is 0 Å². The number of nitrogens with one attached hydrogen (secondary N) is 1. The maximum atomic E-state index is 12.5. The molecule has 0 unspecified atom stereocenters. The fraction of sp³-hybridized carbons (Fsp3) is 0.300. The van der Waals surface area contributed by atoms with Crippen molar-refractivity contribution in [2.75, 3.05) is 6.54 Å². The molecular formula is C20H24N4O4. The van der Waals surface area contributed by atoms with E-state index in [1.54, 1.807) is 0 Å². The van der Waals surface area contributed by atoms with Crippen LogP contribution < -0.4 is 22.4 Å². The molecule has 8 nitrogen and oxygen atoms in total. The number of benzene rings is 1. The van der Waals surface area contributed by atoms with Crippen LogP contribution in [0.2, 0.25) is 0 Å². The average Bonchev–Trinajstić information content (AvgIpc) is 2.70. The summed E-state index contributed by atoms with van der Waals surface area (Å²) in [7, 11) is 0. The summed E-state index contributed by atoms with van der Waals surface area (Å²) in [5.41, 5.74) is -1.27. The monoisotopic (exact) mass is 384 g/mol. The molecule has 1 amide bonds. The average molecular weight is 384 g/mol. The second-order valence-electron chi connectivity index (χ2n) is 6.17. The molecule has 1 N–H and O–H groups in total. The fourth-order valence-electron chi connectivity index (χ4n) is 2.75. The number of allylic oxidation sites excluding steroid dienone is 2. The third kappa shape index (κ3) is 5.06. The van der Waals surface area contributed by atoms with Crippen molar-refractivity contribution >= 4 is 5.91 Å². The van der Waals surface area contributed by atoms with Crippen LogP contribution in [-0.2, 0) is 30.8 Å². The molecule has 28 heavy (non-hydrogen) atoms. The van der Waals surface area contributed by atoms with Crippen LogP contribution in [0.1, 0.15) is 12.0 Å². The Morgan fingerprint density at radius 3 is 1.96 bits per heavy atom. The van der Waals surface area contributed by atoms with Crippen LogP contribution in [0.4, 0.5) is 0 Å². The second kappa shape index (κ2) is 10.1. The summed E-state index contributed by atoms with van der Waals surface area (Å²) in [6, 6.07) is 9.85. The predicted octanol–water partition coefficient (Wildman–Crippen LogP) is 0.293. The Bertz CT molecular complexity index is 967. The van der Waals surface area contributed by atoms with E-state index in [0.29, 0.717) is 6.54 Å². The lowest BCUT2D eigenvalue weighted by Crippen LogP contribution is -2.55. The highest BCUT2D eigenvalue weighted by atomic mass is 16.2. The highest BCUT2D eigenvalue weighted by molar-refractivity contribution is 5.75. The van der Waals surface area contributed by atoms with Gasteiger partial charge < -0.3 is 5.32 Å². The Balaban J connectivity index is 2.11. The fourth-order valence-corrected chi connectivity index (χ4v) is 2.75. The first kappa shape index (κ1) is 20.9. The molecule has 1 aromatic carbocycles. The number of rotatable bonds is 10.